The average Bonchev–Trinajstić information content (AvgIpc) is 2.95. The van der Waals surface area contributed by atoms with E-state index in [4.69, 9.17) is 5.73 Å². The molecule has 0 bridgehead atoms. The SMILES string of the molecule is NCC1(CNc2nccn3nccc23)CCCCC1. The predicted molar refractivity (Wildman–Crippen MR) is 76.0 cm³/mol. The molecule has 1 fully saturated rings. The Labute approximate surface area is 113 Å². The Morgan fingerprint density at radius 3 is 2.89 bits per heavy atom. The van der Waals surface area contributed by atoms with Crippen LogP contribution in [0.1, 0.15) is 32.1 Å². The summed E-state index contributed by atoms with van der Waals surface area (Å²) in [7, 11) is 0. The number of nitrogens with zero attached hydrogens (tertiary/aromatic N) is 3. The molecule has 19 heavy (non-hydrogen) atoms. The maximum Gasteiger partial charge on any atom is 0.152 e. The van der Waals surface area contributed by atoms with Crippen LogP contribution in [0.3, 0.4) is 0 Å². The lowest BCUT2D eigenvalue weighted by molar-refractivity contribution is 0.215. The lowest BCUT2D eigenvalue weighted by Gasteiger charge is -2.36. The number of hydrogen-bond acceptors (Lipinski definition) is 4. The first kappa shape index (κ1) is 12.4. The zero-order valence-corrected chi connectivity index (χ0v) is 11.2. The quantitative estimate of drug-likeness (QED) is 0.881. The first-order chi connectivity index (χ1) is 9.33. The molecular formula is C14H21N5. The number of rotatable bonds is 4. The smallest absolute Gasteiger partial charge is 0.152 e. The van der Waals surface area contributed by atoms with Crippen LogP contribution in [0.25, 0.3) is 5.52 Å². The van der Waals surface area contributed by atoms with E-state index in [1.165, 1.54) is 32.1 Å². The van der Waals surface area contributed by atoms with Gasteiger partial charge in [0.1, 0.15) is 5.52 Å². The first-order valence-corrected chi connectivity index (χ1v) is 7.05. The van der Waals surface area contributed by atoms with Gasteiger partial charge < -0.3 is 11.1 Å². The molecule has 2 heterocycles. The van der Waals surface area contributed by atoms with Crippen LogP contribution >= 0.6 is 0 Å². The minimum atomic E-state index is 0.243. The van der Waals surface area contributed by atoms with Gasteiger partial charge in [-0.15, -0.1) is 0 Å². The summed E-state index contributed by atoms with van der Waals surface area (Å²) < 4.78 is 1.84. The van der Waals surface area contributed by atoms with Crippen molar-refractivity contribution >= 4 is 11.3 Å². The number of nitrogens with two attached hydrogens (primary N) is 1. The zero-order valence-electron chi connectivity index (χ0n) is 11.2. The molecule has 0 atom stereocenters. The second kappa shape index (κ2) is 5.17. The van der Waals surface area contributed by atoms with Gasteiger partial charge in [0.2, 0.25) is 0 Å². The fourth-order valence-electron chi connectivity index (χ4n) is 3.02. The summed E-state index contributed by atoms with van der Waals surface area (Å²) in [6, 6.07) is 1.98. The molecular weight excluding hydrogens is 238 g/mol. The van der Waals surface area contributed by atoms with Gasteiger partial charge in [0, 0.05) is 18.9 Å². The van der Waals surface area contributed by atoms with Crippen LogP contribution in [0.5, 0.6) is 0 Å². The lowest BCUT2D eigenvalue weighted by atomic mass is 9.74. The molecule has 2 aromatic rings. The second-order valence-corrected chi connectivity index (χ2v) is 5.56. The number of nitrogens with one attached hydrogen (secondary N) is 1. The van der Waals surface area contributed by atoms with E-state index in [1.807, 2.05) is 16.8 Å². The van der Waals surface area contributed by atoms with E-state index in [2.05, 4.69) is 15.4 Å². The number of hydrogen-bond donors (Lipinski definition) is 2. The van der Waals surface area contributed by atoms with Gasteiger partial charge in [0.25, 0.3) is 0 Å². The largest absolute Gasteiger partial charge is 0.368 e. The number of fused-ring (bicyclic) bond motifs is 1. The summed E-state index contributed by atoms with van der Waals surface area (Å²) in [6.07, 6.45) is 11.8. The molecule has 0 aromatic carbocycles. The summed E-state index contributed by atoms with van der Waals surface area (Å²) in [5.74, 6) is 0.901. The number of anilines is 1. The van der Waals surface area contributed by atoms with Crippen molar-refractivity contribution in [1.82, 2.24) is 14.6 Å². The van der Waals surface area contributed by atoms with Gasteiger partial charge in [-0.1, -0.05) is 19.3 Å². The van der Waals surface area contributed by atoms with E-state index in [9.17, 15) is 0 Å². The van der Waals surface area contributed by atoms with Crippen LogP contribution in [-0.2, 0) is 0 Å². The van der Waals surface area contributed by atoms with E-state index in [0.29, 0.717) is 0 Å². The van der Waals surface area contributed by atoms with E-state index in [1.54, 1.807) is 12.4 Å². The highest BCUT2D eigenvalue weighted by atomic mass is 15.2. The maximum absolute atomic E-state index is 6.02. The number of aromatic nitrogens is 3. The summed E-state index contributed by atoms with van der Waals surface area (Å²) in [5, 5.41) is 7.71. The molecule has 0 radical (unpaired) electrons. The molecule has 0 spiro atoms. The summed E-state index contributed by atoms with van der Waals surface area (Å²) in [4.78, 5) is 4.42. The maximum atomic E-state index is 6.02. The molecule has 0 unspecified atom stereocenters. The fraction of sp³-hybridized carbons (Fsp3) is 0.571. The van der Waals surface area contributed by atoms with Gasteiger partial charge in [-0.2, -0.15) is 5.10 Å². The van der Waals surface area contributed by atoms with Crippen molar-refractivity contribution in [3.8, 4) is 0 Å². The molecule has 0 amide bonds. The highest BCUT2D eigenvalue weighted by Gasteiger charge is 2.30. The normalized spacial score (nSPS) is 18.6. The monoisotopic (exact) mass is 259 g/mol. The minimum absolute atomic E-state index is 0.243. The van der Waals surface area contributed by atoms with Crippen molar-refractivity contribution < 1.29 is 0 Å². The van der Waals surface area contributed by atoms with Gasteiger partial charge >= 0.3 is 0 Å². The Bertz CT molecular complexity index is 542. The molecule has 0 saturated heterocycles. The highest BCUT2D eigenvalue weighted by Crippen LogP contribution is 2.35. The molecule has 1 saturated carbocycles. The molecule has 102 valence electrons. The molecule has 5 heteroatoms. The van der Waals surface area contributed by atoms with Gasteiger partial charge in [0.15, 0.2) is 5.82 Å². The second-order valence-electron chi connectivity index (χ2n) is 5.56. The van der Waals surface area contributed by atoms with E-state index >= 15 is 0 Å². The summed E-state index contributed by atoms with van der Waals surface area (Å²) in [6.45, 7) is 1.66. The molecule has 0 aliphatic heterocycles. The van der Waals surface area contributed by atoms with Crippen molar-refractivity contribution in [2.45, 2.75) is 32.1 Å². The Morgan fingerprint density at radius 1 is 1.26 bits per heavy atom. The molecule has 1 aliphatic rings. The third kappa shape index (κ3) is 2.42. The lowest BCUT2D eigenvalue weighted by Crippen LogP contribution is -2.39. The third-order valence-corrected chi connectivity index (χ3v) is 4.30. The van der Waals surface area contributed by atoms with Gasteiger partial charge in [-0.05, 0) is 30.9 Å². The van der Waals surface area contributed by atoms with Crippen molar-refractivity contribution in [2.75, 3.05) is 18.4 Å². The van der Waals surface area contributed by atoms with Crippen molar-refractivity contribution in [3.05, 3.63) is 24.7 Å². The Balaban J connectivity index is 1.76. The molecule has 1 aliphatic carbocycles. The Morgan fingerprint density at radius 2 is 2.11 bits per heavy atom. The van der Waals surface area contributed by atoms with Crippen LogP contribution in [0, 0.1) is 5.41 Å². The highest BCUT2D eigenvalue weighted by molar-refractivity contribution is 5.66. The summed E-state index contributed by atoms with van der Waals surface area (Å²) in [5.41, 5.74) is 7.28. The van der Waals surface area contributed by atoms with Crippen LogP contribution < -0.4 is 11.1 Å². The predicted octanol–water partition coefficient (Wildman–Crippen LogP) is 2.05. The van der Waals surface area contributed by atoms with E-state index < -0.39 is 0 Å². The standard InChI is InChI=1S/C14H21N5/c15-10-14(5-2-1-3-6-14)11-17-13-12-4-7-18-19(12)9-8-16-13/h4,7-9H,1-3,5-6,10-11,15H2,(H,16,17). The van der Waals surface area contributed by atoms with Crippen LogP contribution in [0.2, 0.25) is 0 Å². The first-order valence-electron chi connectivity index (χ1n) is 7.05. The Hall–Kier alpha value is -1.62. The van der Waals surface area contributed by atoms with Crippen LogP contribution in [0.15, 0.2) is 24.7 Å². The Kier molecular flexibility index (Phi) is 3.38. The average molecular weight is 259 g/mol. The van der Waals surface area contributed by atoms with Crippen molar-refractivity contribution in [1.29, 1.82) is 0 Å². The van der Waals surface area contributed by atoms with E-state index in [-0.39, 0.29) is 5.41 Å². The van der Waals surface area contributed by atoms with Gasteiger partial charge in [-0.25, -0.2) is 9.50 Å². The van der Waals surface area contributed by atoms with Gasteiger partial charge in [0.05, 0.1) is 6.20 Å². The molecule has 3 N–H and O–H groups in total. The minimum Gasteiger partial charge on any atom is -0.368 e. The molecule has 5 nitrogen and oxygen atoms in total. The zero-order chi connectivity index (χ0) is 13.1. The van der Waals surface area contributed by atoms with E-state index in [0.717, 1.165) is 24.4 Å². The van der Waals surface area contributed by atoms with Crippen LogP contribution in [0.4, 0.5) is 5.82 Å². The molecule has 2 aromatic heterocycles. The molecule has 3 rings (SSSR count). The third-order valence-electron chi connectivity index (χ3n) is 4.30. The summed E-state index contributed by atoms with van der Waals surface area (Å²) >= 11 is 0. The van der Waals surface area contributed by atoms with Crippen LogP contribution in [-0.4, -0.2) is 27.7 Å². The van der Waals surface area contributed by atoms with Crippen molar-refractivity contribution in [3.63, 3.8) is 0 Å². The topological polar surface area (TPSA) is 68.2 Å². The van der Waals surface area contributed by atoms with Gasteiger partial charge in [-0.3, -0.25) is 0 Å². The fourth-order valence-corrected chi connectivity index (χ4v) is 3.02. The van der Waals surface area contributed by atoms with Crippen molar-refractivity contribution in [2.24, 2.45) is 11.1 Å².